The monoisotopic (exact) mass is 474 g/mol. The number of ether oxygens (including phenoxy) is 1. The molecule has 0 aliphatic carbocycles. The third kappa shape index (κ3) is 5.51. The van der Waals surface area contributed by atoms with Gasteiger partial charge in [0.15, 0.2) is 0 Å². The van der Waals surface area contributed by atoms with Crippen LogP contribution < -0.4 is 10.6 Å². The second-order valence-corrected chi connectivity index (χ2v) is 8.22. The van der Waals surface area contributed by atoms with Crippen molar-refractivity contribution in [1.82, 2.24) is 20.4 Å². The molecule has 0 fully saturated rings. The van der Waals surface area contributed by atoms with E-state index >= 15 is 0 Å². The molecule has 2 aliphatic rings. The largest absolute Gasteiger partial charge is 0.468 e. The van der Waals surface area contributed by atoms with E-state index in [9.17, 15) is 14.4 Å². The van der Waals surface area contributed by atoms with Crippen LogP contribution in [0.5, 0.6) is 0 Å². The highest BCUT2D eigenvalue weighted by Gasteiger charge is 2.33. The van der Waals surface area contributed by atoms with Gasteiger partial charge in [-0.05, 0) is 56.6 Å². The van der Waals surface area contributed by atoms with Crippen LogP contribution >= 0.6 is 0 Å². The topological polar surface area (TPSA) is 117 Å². The quantitative estimate of drug-likeness (QED) is 0.604. The Labute approximate surface area is 199 Å². The number of amides is 2. The number of furan rings is 2. The summed E-state index contributed by atoms with van der Waals surface area (Å²) in [4.78, 5) is 39.2. The van der Waals surface area contributed by atoms with Crippen molar-refractivity contribution in [3.63, 3.8) is 0 Å². The summed E-state index contributed by atoms with van der Waals surface area (Å²) in [6.07, 6.45) is 5.79. The average molecular weight is 475 g/mol. The fourth-order valence-electron chi connectivity index (χ4n) is 4.31. The van der Waals surface area contributed by atoms with Crippen LogP contribution in [0.4, 0.5) is 0 Å². The second-order valence-electron chi connectivity index (χ2n) is 8.22. The smallest absolute Gasteiger partial charge is 0.325 e. The van der Waals surface area contributed by atoms with E-state index in [0.29, 0.717) is 18.7 Å². The van der Waals surface area contributed by atoms with Crippen LogP contribution in [0.25, 0.3) is 0 Å². The summed E-state index contributed by atoms with van der Waals surface area (Å²) in [7, 11) is 4.80. The first-order valence-corrected chi connectivity index (χ1v) is 11.6. The maximum Gasteiger partial charge on any atom is 0.325 e. The molecule has 4 rings (SSSR count). The van der Waals surface area contributed by atoms with Gasteiger partial charge in [0.2, 0.25) is 11.8 Å². The van der Waals surface area contributed by atoms with E-state index < -0.39 is 12.0 Å². The Kier molecular flexibility index (Phi) is 8.89. The lowest BCUT2D eigenvalue weighted by molar-refractivity contribution is -0.147. The number of carbonyl (C=O) groups is 3. The van der Waals surface area contributed by atoms with Crippen molar-refractivity contribution in [2.75, 3.05) is 47.4 Å². The number of carbonyl (C=O) groups excluding carboxylic acids is 3. The van der Waals surface area contributed by atoms with E-state index in [1.807, 2.05) is 17.0 Å². The van der Waals surface area contributed by atoms with E-state index in [-0.39, 0.29) is 24.4 Å². The van der Waals surface area contributed by atoms with Crippen molar-refractivity contribution in [3.05, 3.63) is 47.3 Å². The minimum atomic E-state index is -0.540. The first kappa shape index (κ1) is 25.5. The summed E-state index contributed by atoms with van der Waals surface area (Å²) in [5, 5.41) is 5.96. The Morgan fingerprint density at radius 3 is 1.94 bits per heavy atom. The highest BCUT2D eigenvalue weighted by molar-refractivity contribution is 5.87. The third-order valence-electron chi connectivity index (χ3n) is 6.12. The van der Waals surface area contributed by atoms with Crippen LogP contribution in [0, 0.1) is 0 Å². The Balaban J connectivity index is 0.000000192. The Morgan fingerprint density at radius 2 is 1.47 bits per heavy atom. The number of hydrogen-bond acceptors (Lipinski definition) is 8. The molecule has 186 valence electrons. The zero-order chi connectivity index (χ0) is 24.7. The molecule has 2 aromatic heterocycles. The van der Waals surface area contributed by atoms with Gasteiger partial charge in [0.1, 0.15) is 30.1 Å². The normalized spacial score (nSPS) is 20.0. The molecule has 2 amide bonds. The van der Waals surface area contributed by atoms with Gasteiger partial charge < -0.3 is 34.0 Å². The molecule has 2 aliphatic heterocycles. The first-order chi connectivity index (χ1) is 16.4. The minimum Gasteiger partial charge on any atom is -0.468 e. The number of rotatable bonds is 6. The number of likely N-dealkylation sites (N-methyl/N-ethyl adjacent to an activating group) is 2. The molecule has 2 unspecified atom stereocenters. The van der Waals surface area contributed by atoms with Crippen molar-refractivity contribution in [1.29, 1.82) is 0 Å². The molecule has 0 radical (unpaired) electrons. The highest BCUT2D eigenvalue weighted by atomic mass is 16.5. The van der Waals surface area contributed by atoms with Crippen LogP contribution in [0.1, 0.15) is 48.1 Å². The van der Waals surface area contributed by atoms with Gasteiger partial charge in [-0.2, -0.15) is 0 Å². The lowest BCUT2D eigenvalue weighted by Gasteiger charge is -2.23. The first-order valence-electron chi connectivity index (χ1n) is 11.6. The Morgan fingerprint density at radius 1 is 0.971 bits per heavy atom. The molecule has 2 atom stereocenters. The number of nitrogens with one attached hydrogen (secondary N) is 2. The van der Waals surface area contributed by atoms with Gasteiger partial charge in [-0.3, -0.25) is 14.4 Å². The van der Waals surface area contributed by atoms with E-state index in [2.05, 4.69) is 22.3 Å². The van der Waals surface area contributed by atoms with Crippen LogP contribution in [-0.4, -0.2) is 75.0 Å². The number of fused-ring (bicyclic) bond motifs is 2. The predicted octanol–water partition coefficient (Wildman–Crippen LogP) is 1.43. The zero-order valence-corrected chi connectivity index (χ0v) is 20.3. The van der Waals surface area contributed by atoms with Gasteiger partial charge in [0.05, 0.1) is 19.6 Å². The van der Waals surface area contributed by atoms with Gasteiger partial charge >= 0.3 is 5.97 Å². The molecule has 0 saturated carbocycles. The van der Waals surface area contributed by atoms with Crippen molar-refractivity contribution in [2.45, 2.75) is 38.3 Å². The highest BCUT2D eigenvalue weighted by Crippen LogP contribution is 2.26. The van der Waals surface area contributed by atoms with E-state index in [1.54, 1.807) is 26.6 Å². The number of hydrogen-bond donors (Lipinski definition) is 2. The van der Waals surface area contributed by atoms with E-state index in [0.717, 1.165) is 42.8 Å². The maximum atomic E-state index is 12.3. The molecule has 0 bridgehead atoms. The van der Waals surface area contributed by atoms with Gasteiger partial charge in [-0.15, -0.1) is 0 Å². The molecule has 10 nitrogen and oxygen atoms in total. The SMILES string of the molecule is CCCN1CCc2ccoc2C(NC)C1=O.CNC1C(=O)N(CC(=O)OC)CCc2ccoc21. The summed E-state index contributed by atoms with van der Waals surface area (Å²) >= 11 is 0. The lowest BCUT2D eigenvalue weighted by atomic mass is 10.1. The predicted molar refractivity (Wildman–Crippen MR) is 124 cm³/mol. The minimum absolute atomic E-state index is 0.0300. The fourth-order valence-corrected chi connectivity index (χ4v) is 4.31. The molecular weight excluding hydrogens is 440 g/mol. The summed E-state index contributed by atoms with van der Waals surface area (Å²) in [5.41, 5.74) is 2.14. The summed E-state index contributed by atoms with van der Waals surface area (Å²) in [6, 6.07) is 2.96. The number of esters is 1. The summed E-state index contributed by atoms with van der Waals surface area (Å²) in [6.45, 7) is 4.15. The van der Waals surface area contributed by atoms with Gasteiger partial charge in [-0.25, -0.2) is 0 Å². The summed E-state index contributed by atoms with van der Waals surface area (Å²) < 4.78 is 15.4. The van der Waals surface area contributed by atoms with Crippen molar-refractivity contribution < 1.29 is 28.0 Å². The summed E-state index contributed by atoms with van der Waals surface area (Å²) in [5.74, 6) is 0.951. The molecule has 2 N–H and O–H groups in total. The van der Waals surface area contributed by atoms with Gasteiger partial charge in [0, 0.05) is 19.6 Å². The lowest BCUT2D eigenvalue weighted by Crippen LogP contribution is -2.42. The molecule has 34 heavy (non-hydrogen) atoms. The Hall–Kier alpha value is -3.11. The second kappa shape index (κ2) is 11.8. The van der Waals surface area contributed by atoms with E-state index in [1.165, 1.54) is 12.0 Å². The molecule has 0 saturated heterocycles. The van der Waals surface area contributed by atoms with Crippen LogP contribution in [-0.2, 0) is 32.0 Å². The maximum absolute atomic E-state index is 12.3. The molecule has 2 aromatic rings. The third-order valence-corrected chi connectivity index (χ3v) is 6.12. The standard InChI is InChI=1S/C12H16N2O4.C12H18N2O2/c1-13-10-11-8(4-6-18-11)3-5-14(12(10)16)7-9(15)17-2;1-3-6-14-7-4-9-5-8-16-11(9)10(13-2)12(14)15/h4,6,10,13H,3,5,7H2,1-2H3;5,8,10,13H,3-4,6-7H2,1-2H3. The van der Waals surface area contributed by atoms with Crippen molar-refractivity contribution >= 4 is 17.8 Å². The van der Waals surface area contributed by atoms with Crippen LogP contribution in [0.15, 0.2) is 33.5 Å². The van der Waals surface area contributed by atoms with Crippen molar-refractivity contribution in [2.24, 2.45) is 0 Å². The van der Waals surface area contributed by atoms with Crippen LogP contribution in [0.2, 0.25) is 0 Å². The van der Waals surface area contributed by atoms with Crippen molar-refractivity contribution in [3.8, 4) is 0 Å². The molecule has 0 spiro atoms. The molecular formula is C24H34N4O6. The van der Waals surface area contributed by atoms with E-state index in [4.69, 9.17) is 8.83 Å². The van der Waals surface area contributed by atoms with Gasteiger partial charge in [0.25, 0.3) is 0 Å². The van der Waals surface area contributed by atoms with Gasteiger partial charge in [-0.1, -0.05) is 6.92 Å². The number of nitrogens with zero attached hydrogens (tertiary/aromatic N) is 2. The Bertz CT molecular complexity index is 984. The molecule has 10 heteroatoms. The van der Waals surface area contributed by atoms with Crippen LogP contribution in [0.3, 0.4) is 0 Å². The molecule has 4 heterocycles. The number of methoxy groups -OCH3 is 1. The zero-order valence-electron chi connectivity index (χ0n) is 20.3. The molecule has 0 aromatic carbocycles. The fraction of sp³-hybridized carbons (Fsp3) is 0.542. The average Bonchev–Trinajstić information content (AvgIpc) is 3.45.